The number of ether oxygens (including phenoxy) is 2. The molecule has 32 heavy (non-hydrogen) atoms. The second-order valence-corrected chi connectivity index (χ2v) is 9.40. The van der Waals surface area contributed by atoms with Crippen LogP contribution < -0.4 is 14.8 Å². The highest BCUT2D eigenvalue weighted by Crippen LogP contribution is 2.34. The Labute approximate surface area is 205 Å². The summed E-state index contributed by atoms with van der Waals surface area (Å²) < 4.78 is 12.9. The summed E-state index contributed by atoms with van der Waals surface area (Å²) in [6.45, 7) is 6.52. The molecule has 2 aromatic rings. The van der Waals surface area contributed by atoms with Crippen LogP contribution in [0.25, 0.3) is 6.08 Å². The predicted molar refractivity (Wildman–Crippen MR) is 136 cm³/mol. The van der Waals surface area contributed by atoms with Crippen LogP contribution in [0.1, 0.15) is 25.0 Å². The van der Waals surface area contributed by atoms with Crippen LogP contribution in [-0.2, 0) is 9.59 Å². The quantitative estimate of drug-likeness (QED) is 0.361. The van der Waals surface area contributed by atoms with Gasteiger partial charge in [0.25, 0.3) is 11.8 Å². The molecule has 6 nitrogen and oxygen atoms in total. The largest absolute Gasteiger partial charge is 0.490 e. The Kier molecular flexibility index (Phi) is 8.33. The van der Waals surface area contributed by atoms with E-state index in [2.05, 4.69) is 21.2 Å². The van der Waals surface area contributed by atoms with Gasteiger partial charge >= 0.3 is 0 Å². The fourth-order valence-electron chi connectivity index (χ4n) is 2.99. The molecule has 168 valence electrons. The van der Waals surface area contributed by atoms with E-state index in [-0.39, 0.29) is 18.4 Å². The molecule has 1 heterocycles. The normalized spacial score (nSPS) is 14.8. The van der Waals surface area contributed by atoms with Crippen molar-refractivity contribution in [3.05, 3.63) is 56.9 Å². The van der Waals surface area contributed by atoms with E-state index in [0.717, 1.165) is 15.6 Å². The molecule has 3 rings (SSSR count). The fraction of sp³-hybridized carbons (Fsp3) is 0.261. The summed E-state index contributed by atoms with van der Waals surface area (Å²) in [5.74, 6) is 0.578. The molecule has 1 aliphatic rings. The summed E-state index contributed by atoms with van der Waals surface area (Å²) in [7, 11) is 0. The van der Waals surface area contributed by atoms with Gasteiger partial charge < -0.3 is 14.8 Å². The number of thioether (sulfide) groups is 1. The average Bonchev–Trinajstić information content (AvgIpc) is 3.02. The zero-order valence-corrected chi connectivity index (χ0v) is 21.2. The maximum atomic E-state index is 12.4. The first-order chi connectivity index (χ1) is 15.3. The minimum Gasteiger partial charge on any atom is -0.490 e. The van der Waals surface area contributed by atoms with Crippen molar-refractivity contribution < 1.29 is 19.1 Å². The van der Waals surface area contributed by atoms with E-state index < -0.39 is 0 Å². The first-order valence-corrected chi connectivity index (χ1v) is 12.0. The van der Waals surface area contributed by atoms with Crippen molar-refractivity contribution in [2.45, 2.75) is 20.8 Å². The van der Waals surface area contributed by atoms with E-state index in [1.54, 1.807) is 23.1 Å². The summed E-state index contributed by atoms with van der Waals surface area (Å²) in [6, 6.07) is 10.9. The number of hydrogen-bond donors (Lipinski definition) is 1. The van der Waals surface area contributed by atoms with Gasteiger partial charge in [0.1, 0.15) is 4.32 Å². The molecule has 1 N–H and O–H groups in total. The molecular formula is C23H23BrN2O4S2. The number of halogens is 1. The van der Waals surface area contributed by atoms with Gasteiger partial charge in [-0.25, -0.2) is 0 Å². The van der Waals surface area contributed by atoms with E-state index in [4.69, 9.17) is 21.7 Å². The summed E-state index contributed by atoms with van der Waals surface area (Å²) >= 11 is 9.98. The number of aryl methyl sites for hydroxylation is 1. The maximum Gasteiger partial charge on any atom is 0.266 e. The van der Waals surface area contributed by atoms with Gasteiger partial charge in [-0.2, -0.15) is 0 Å². The number of likely N-dealkylation sites (N-methyl/N-ethyl adjacent to an activating group) is 1. The van der Waals surface area contributed by atoms with Crippen LogP contribution in [0.2, 0.25) is 0 Å². The molecule has 0 spiro atoms. The minimum atomic E-state index is -0.276. The highest BCUT2D eigenvalue weighted by atomic mass is 79.9. The molecule has 0 radical (unpaired) electrons. The SMILES string of the molecule is CCOc1cc(/C=C2\SC(=S)N(CC)C2=O)ccc1OCC(=O)Nc1ccc(Br)c(C)c1. The number of carbonyl (C=O) groups excluding carboxylic acids is 2. The van der Waals surface area contributed by atoms with Gasteiger partial charge in [0.15, 0.2) is 18.1 Å². The standard InChI is InChI=1S/C23H23BrN2O4S2/c1-4-26-22(28)20(32-23(26)31)12-15-6-9-18(19(11-15)29-5-2)30-13-21(27)25-16-7-8-17(24)14(3)10-16/h6-12H,4-5,13H2,1-3H3,(H,25,27)/b20-12-. The number of benzene rings is 2. The third-order valence-electron chi connectivity index (χ3n) is 4.56. The number of rotatable bonds is 8. The Bertz CT molecular complexity index is 1090. The van der Waals surface area contributed by atoms with Gasteiger partial charge in [-0.05, 0) is 68.3 Å². The molecule has 0 saturated carbocycles. The number of anilines is 1. The lowest BCUT2D eigenvalue weighted by Gasteiger charge is -2.13. The Morgan fingerprint density at radius 2 is 1.97 bits per heavy atom. The molecule has 2 amide bonds. The molecule has 0 aliphatic carbocycles. The van der Waals surface area contributed by atoms with Crippen LogP contribution in [0.4, 0.5) is 5.69 Å². The van der Waals surface area contributed by atoms with Crippen molar-refractivity contribution in [2.75, 3.05) is 25.1 Å². The molecular weight excluding hydrogens is 512 g/mol. The number of nitrogens with one attached hydrogen (secondary N) is 1. The van der Waals surface area contributed by atoms with E-state index in [0.29, 0.717) is 39.6 Å². The summed E-state index contributed by atoms with van der Waals surface area (Å²) in [5.41, 5.74) is 2.50. The Balaban J connectivity index is 1.70. The lowest BCUT2D eigenvalue weighted by molar-refractivity contribution is -0.122. The third kappa shape index (κ3) is 5.90. The number of nitrogens with zero attached hydrogens (tertiary/aromatic N) is 1. The molecule has 2 aromatic carbocycles. The van der Waals surface area contributed by atoms with E-state index in [1.165, 1.54) is 11.8 Å². The molecule has 0 bridgehead atoms. The second-order valence-electron chi connectivity index (χ2n) is 6.87. The first-order valence-electron chi connectivity index (χ1n) is 10.0. The molecule has 0 atom stereocenters. The topological polar surface area (TPSA) is 67.9 Å². The highest BCUT2D eigenvalue weighted by molar-refractivity contribution is 9.10. The second kappa shape index (κ2) is 11.0. The highest BCUT2D eigenvalue weighted by Gasteiger charge is 2.30. The zero-order valence-electron chi connectivity index (χ0n) is 17.9. The van der Waals surface area contributed by atoms with Gasteiger partial charge in [0, 0.05) is 16.7 Å². The summed E-state index contributed by atoms with van der Waals surface area (Å²) in [6.07, 6.45) is 1.78. The van der Waals surface area contributed by atoms with Crippen LogP contribution in [0.5, 0.6) is 11.5 Å². The number of amides is 2. The van der Waals surface area contributed by atoms with E-state index in [9.17, 15) is 9.59 Å². The average molecular weight is 535 g/mol. The number of carbonyl (C=O) groups is 2. The summed E-state index contributed by atoms with van der Waals surface area (Å²) in [5, 5.41) is 2.82. The van der Waals surface area contributed by atoms with Crippen molar-refractivity contribution >= 4 is 67.8 Å². The Hall–Kier alpha value is -2.36. The summed E-state index contributed by atoms with van der Waals surface area (Å²) in [4.78, 5) is 26.9. The van der Waals surface area contributed by atoms with Crippen LogP contribution in [0, 0.1) is 6.92 Å². The zero-order chi connectivity index (χ0) is 23.3. The van der Waals surface area contributed by atoms with Crippen molar-refractivity contribution in [1.82, 2.24) is 4.90 Å². The van der Waals surface area contributed by atoms with Crippen LogP contribution in [0.15, 0.2) is 45.8 Å². The maximum absolute atomic E-state index is 12.4. The molecule has 1 aliphatic heterocycles. The molecule has 0 unspecified atom stereocenters. The molecule has 9 heteroatoms. The van der Waals surface area contributed by atoms with Crippen LogP contribution >= 0.6 is 39.9 Å². The van der Waals surface area contributed by atoms with Crippen LogP contribution in [-0.4, -0.2) is 40.8 Å². The van der Waals surface area contributed by atoms with Gasteiger partial charge in [0.2, 0.25) is 0 Å². The lowest BCUT2D eigenvalue weighted by atomic mass is 10.2. The van der Waals surface area contributed by atoms with Gasteiger partial charge in [-0.1, -0.05) is 46.0 Å². The van der Waals surface area contributed by atoms with E-state index >= 15 is 0 Å². The Morgan fingerprint density at radius 1 is 1.19 bits per heavy atom. The number of thiocarbonyl (C=S) groups is 1. The van der Waals surface area contributed by atoms with E-state index in [1.807, 2.05) is 45.0 Å². The molecule has 1 fully saturated rings. The third-order valence-corrected chi connectivity index (χ3v) is 6.82. The lowest BCUT2D eigenvalue weighted by Crippen LogP contribution is -2.27. The number of hydrogen-bond acceptors (Lipinski definition) is 6. The first kappa shape index (κ1) is 24.3. The van der Waals surface area contributed by atoms with Gasteiger partial charge in [-0.3, -0.25) is 14.5 Å². The van der Waals surface area contributed by atoms with Crippen molar-refractivity contribution in [3.8, 4) is 11.5 Å². The van der Waals surface area contributed by atoms with Crippen molar-refractivity contribution in [1.29, 1.82) is 0 Å². The Morgan fingerprint density at radius 3 is 2.62 bits per heavy atom. The predicted octanol–water partition coefficient (Wildman–Crippen LogP) is 5.39. The molecule has 1 saturated heterocycles. The van der Waals surface area contributed by atoms with Gasteiger partial charge in [-0.15, -0.1) is 0 Å². The monoisotopic (exact) mass is 534 g/mol. The van der Waals surface area contributed by atoms with Crippen molar-refractivity contribution in [3.63, 3.8) is 0 Å². The fourth-order valence-corrected chi connectivity index (χ4v) is 4.62. The molecule has 0 aromatic heterocycles. The van der Waals surface area contributed by atoms with Crippen molar-refractivity contribution in [2.24, 2.45) is 0 Å². The smallest absolute Gasteiger partial charge is 0.266 e. The van der Waals surface area contributed by atoms with Gasteiger partial charge in [0.05, 0.1) is 11.5 Å². The van der Waals surface area contributed by atoms with Crippen LogP contribution in [0.3, 0.4) is 0 Å². The minimum absolute atomic E-state index is 0.0966.